The van der Waals surface area contributed by atoms with Crippen molar-refractivity contribution in [1.29, 1.82) is 0 Å². The van der Waals surface area contributed by atoms with Gasteiger partial charge in [0.1, 0.15) is 12.2 Å². The molecule has 0 bridgehead atoms. The van der Waals surface area contributed by atoms with Crippen LogP contribution in [0.1, 0.15) is 90.9 Å². The van der Waals surface area contributed by atoms with Crippen molar-refractivity contribution in [2.45, 2.75) is 103 Å². The van der Waals surface area contributed by atoms with Crippen LogP contribution in [-0.2, 0) is 38.6 Å². The van der Waals surface area contributed by atoms with Gasteiger partial charge < -0.3 is 18.6 Å². The summed E-state index contributed by atoms with van der Waals surface area (Å²) in [6.45, 7) is 3.39. The van der Waals surface area contributed by atoms with Gasteiger partial charge in [-0.05, 0) is 12.8 Å². The van der Waals surface area contributed by atoms with Gasteiger partial charge in [0.15, 0.2) is 0 Å². The van der Waals surface area contributed by atoms with Crippen molar-refractivity contribution in [3.05, 3.63) is 0 Å². The Labute approximate surface area is 251 Å². The zero-order valence-corrected chi connectivity index (χ0v) is 27.0. The van der Waals surface area contributed by atoms with Crippen LogP contribution in [0.3, 0.4) is 0 Å². The van der Waals surface area contributed by atoms with E-state index in [2.05, 4.69) is 22.2 Å². The topological polar surface area (TPSA) is 151 Å². The Hall–Kier alpha value is 1.66. The molecule has 34 heavy (non-hydrogen) atoms. The third-order valence-corrected chi connectivity index (χ3v) is 5.68. The molecule has 0 aliphatic carbocycles. The fourth-order valence-corrected chi connectivity index (χ4v) is 3.66. The van der Waals surface area contributed by atoms with E-state index >= 15 is 0 Å². The van der Waals surface area contributed by atoms with Crippen LogP contribution in [0, 0.1) is 0 Å². The van der Waals surface area contributed by atoms with E-state index in [0.717, 1.165) is 64.2 Å². The third-order valence-electron chi connectivity index (χ3n) is 4.83. The summed E-state index contributed by atoms with van der Waals surface area (Å²) in [6, 6.07) is 0. The largest absolute Gasteiger partial charge is 1.00 e. The Bertz CT molecular complexity index is 592. The maximum atomic E-state index is 10.9. The molecule has 0 aliphatic heterocycles. The van der Waals surface area contributed by atoms with Gasteiger partial charge in [-0.15, -0.1) is 0 Å². The molecule has 0 saturated heterocycles. The van der Waals surface area contributed by atoms with Gasteiger partial charge >= 0.3 is 59.1 Å². The molecule has 14 heteroatoms. The van der Waals surface area contributed by atoms with Crippen LogP contribution in [0.2, 0.25) is 0 Å². The molecule has 0 aromatic rings. The van der Waals surface area contributed by atoms with E-state index < -0.39 is 46.2 Å². The molecule has 0 fully saturated rings. The summed E-state index contributed by atoms with van der Waals surface area (Å²) >= 11 is 0. The van der Waals surface area contributed by atoms with Gasteiger partial charge in [-0.25, -0.2) is 16.8 Å². The molecule has 194 valence electrons. The molecule has 0 aromatic carbocycles. The Morgan fingerprint density at radius 3 is 1.15 bits per heavy atom. The normalized spacial score (nSPS) is 13.6. The van der Waals surface area contributed by atoms with Gasteiger partial charge in [-0.3, -0.25) is 8.37 Å². The van der Waals surface area contributed by atoms with Crippen LogP contribution in [0.15, 0.2) is 0 Å². The minimum Gasteiger partial charge on any atom is -0.726 e. The van der Waals surface area contributed by atoms with Crippen molar-refractivity contribution >= 4 is 20.8 Å². The monoisotopic (exact) mass is 550 g/mol. The van der Waals surface area contributed by atoms with Crippen LogP contribution in [0.4, 0.5) is 0 Å². The SMILES string of the molecule is CCCCCCCCO[C@@H](COS(=O)(=O)[O-])[C@H](COS(=O)(=O)[O-])OCCCCCCCC.[Na+].[Na+]. The van der Waals surface area contributed by atoms with E-state index in [9.17, 15) is 25.9 Å². The molecule has 0 N–H and O–H groups in total. The molecule has 0 unspecified atom stereocenters. The fraction of sp³-hybridized carbons (Fsp3) is 1.00. The molecule has 0 rings (SSSR count). The van der Waals surface area contributed by atoms with E-state index in [0.29, 0.717) is 12.8 Å². The Kier molecular flexibility index (Phi) is 29.5. The van der Waals surface area contributed by atoms with Gasteiger partial charge in [0.2, 0.25) is 20.8 Å². The van der Waals surface area contributed by atoms with Gasteiger partial charge in [0.05, 0.1) is 13.2 Å². The molecule has 0 aromatic heterocycles. The van der Waals surface area contributed by atoms with E-state index in [4.69, 9.17) is 9.47 Å². The summed E-state index contributed by atoms with van der Waals surface area (Å²) in [5.74, 6) is 0. The number of hydrogen-bond donors (Lipinski definition) is 0. The predicted molar refractivity (Wildman–Crippen MR) is 118 cm³/mol. The zero-order valence-electron chi connectivity index (χ0n) is 21.4. The van der Waals surface area contributed by atoms with Crippen LogP contribution in [0.5, 0.6) is 0 Å². The summed E-state index contributed by atoms with van der Waals surface area (Å²) < 4.78 is 85.3. The smallest absolute Gasteiger partial charge is 0.726 e. The number of ether oxygens (including phenoxy) is 2. The summed E-state index contributed by atoms with van der Waals surface area (Å²) in [5.41, 5.74) is 0. The minimum absolute atomic E-state index is 0. The molecule has 0 radical (unpaired) electrons. The maximum Gasteiger partial charge on any atom is 1.00 e. The van der Waals surface area contributed by atoms with Gasteiger partial charge in [-0.2, -0.15) is 0 Å². The molecule has 0 heterocycles. The summed E-state index contributed by atoms with van der Waals surface area (Å²) in [6.07, 6.45) is 9.84. The maximum absolute atomic E-state index is 10.9. The summed E-state index contributed by atoms with van der Waals surface area (Å²) in [7, 11) is -9.97. The average molecular weight is 551 g/mol. The van der Waals surface area contributed by atoms with Crippen molar-refractivity contribution in [3.8, 4) is 0 Å². The molecule has 0 amide bonds. The van der Waals surface area contributed by atoms with Crippen molar-refractivity contribution in [2.24, 2.45) is 0 Å². The number of hydrogen-bond acceptors (Lipinski definition) is 10. The molecule has 2 atom stereocenters. The third kappa shape index (κ3) is 28.2. The Balaban J connectivity index is -0.00000480. The minimum atomic E-state index is -4.99. The first kappa shape index (κ1) is 40.2. The van der Waals surface area contributed by atoms with E-state index in [1.54, 1.807) is 0 Å². The van der Waals surface area contributed by atoms with E-state index in [1.165, 1.54) is 0 Å². The summed E-state index contributed by atoms with van der Waals surface area (Å²) in [4.78, 5) is 0. The second kappa shape index (κ2) is 25.0. The van der Waals surface area contributed by atoms with Gasteiger partial charge in [-0.1, -0.05) is 78.1 Å². The second-order valence-corrected chi connectivity index (χ2v) is 9.84. The first-order valence-corrected chi connectivity index (χ1v) is 14.2. The van der Waals surface area contributed by atoms with E-state index in [1.807, 2.05) is 0 Å². The van der Waals surface area contributed by atoms with Crippen LogP contribution in [-0.4, -0.2) is 64.6 Å². The van der Waals surface area contributed by atoms with Crippen molar-refractivity contribution in [3.63, 3.8) is 0 Å². The first-order chi connectivity index (χ1) is 15.1. The molecule has 10 nitrogen and oxygen atoms in total. The molecule has 0 aliphatic rings. The molecule has 0 saturated carbocycles. The van der Waals surface area contributed by atoms with Crippen LogP contribution >= 0.6 is 0 Å². The van der Waals surface area contributed by atoms with Crippen LogP contribution in [0.25, 0.3) is 0 Å². The van der Waals surface area contributed by atoms with Crippen molar-refractivity contribution in [2.75, 3.05) is 26.4 Å². The van der Waals surface area contributed by atoms with Crippen molar-refractivity contribution in [1.82, 2.24) is 0 Å². The average Bonchev–Trinajstić information content (AvgIpc) is 2.70. The molecule has 0 spiro atoms. The fourth-order valence-electron chi connectivity index (χ4n) is 3.06. The van der Waals surface area contributed by atoms with Crippen LogP contribution < -0.4 is 59.1 Å². The van der Waals surface area contributed by atoms with E-state index in [-0.39, 0.29) is 72.3 Å². The Morgan fingerprint density at radius 1 is 0.559 bits per heavy atom. The standard InChI is InChI=1S/C20H42O10S2.2Na/c1-3-5-7-9-11-13-15-27-19(17-29-31(21,22)23)20(18-30-32(24,25)26)28-16-14-12-10-8-6-4-2;;/h19-20H,3-18H2,1-2H3,(H,21,22,23)(H,24,25,26);;/q;2*+1/p-2/t19-,20-;;/m0../s1. The number of unbranched alkanes of at least 4 members (excludes halogenated alkanes) is 10. The Morgan fingerprint density at radius 2 is 0.853 bits per heavy atom. The summed E-state index contributed by atoms with van der Waals surface area (Å²) in [5, 5.41) is 0. The second-order valence-electron chi connectivity index (χ2n) is 7.74. The quantitative estimate of drug-likeness (QED) is 0.0575. The predicted octanol–water partition coefficient (Wildman–Crippen LogP) is -2.56. The molecular weight excluding hydrogens is 510 g/mol. The van der Waals surface area contributed by atoms with Gasteiger partial charge in [0, 0.05) is 13.2 Å². The van der Waals surface area contributed by atoms with Gasteiger partial charge in [0.25, 0.3) is 0 Å². The van der Waals surface area contributed by atoms with Crippen molar-refractivity contribution < 1.29 is 103 Å². The number of rotatable bonds is 23. The first-order valence-electron chi connectivity index (χ1n) is 11.5. The zero-order chi connectivity index (χ0) is 24.3. The molecular formula is C20H40Na2O10S2.